The van der Waals surface area contributed by atoms with E-state index in [4.69, 9.17) is 4.74 Å². The molecule has 0 aliphatic rings. The van der Waals surface area contributed by atoms with Crippen molar-refractivity contribution >= 4 is 0 Å². The number of rotatable bonds is 5. The SMILES string of the molecule is COc1cc(CN(C)Cc2ccccc2F)cc(C(F)(F)F)c1. The van der Waals surface area contributed by atoms with E-state index < -0.39 is 11.7 Å². The zero-order valence-corrected chi connectivity index (χ0v) is 12.8. The van der Waals surface area contributed by atoms with Gasteiger partial charge in [0.25, 0.3) is 0 Å². The molecule has 0 amide bonds. The van der Waals surface area contributed by atoms with Crippen LogP contribution in [0.4, 0.5) is 17.6 Å². The van der Waals surface area contributed by atoms with Gasteiger partial charge < -0.3 is 4.74 Å². The average Bonchev–Trinajstić information content (AvgIpc) is 2.48. The summed E-state index contributed by atoms with van der Waals surface area (Å²) in [4.78, 5) is 1.74. The Kier molecular flexibility index (Phi) is 5.26. The lowest BCUT2D eigenvalue weighted by atomic mass is 10.1. The van der Waals surface area contributed by atoms with Crippen molar-refractivity contribution in [1.29, 1.82) is 0 Å². The Balaban J connectivity index is 2.17. The Hall–Kier alpha value is -2.08. The normalized spacial score (nSPS) is 11.8. The van der Waals surface area contributed by atoms with Crippen LogP contribution in [-0.2, 0) is 19.3 Å². The first-order chi connectivity index (χ1) is 10.8. The largest absolute Gasteiger partial charge is 0.497 e. The Bertz CT molecular complexity index is 670. The molecule has 0 bridgehead atoms. The van der Waals surface area contributed by atoms with Gasteiger partial charge in [-0.25, -0.2) is 4.39 Å². The summed E-state index contributed by atoms with van der Waals surface area (Å²) < 4.78 is 57.3. The van der Waals surface area contributed by atoms with E-state index in [-0.39, 0.29) is 18.1 Å². The number of benzene rings is 2. The van der Waals surface area contributed by atoms with Crippen LogP contribution in [0.25, 0.3) is 0 Å². The van der Waals surface area contributed by atoms with Crippen LogP contribution in [-0.4, -0.2) is 19.1 Å². The van der Waals surface area contributed by atoms with Crippen molar-refractivity contribution in [1.82, 2.24) is 4.90 Å². The van der Waals surface area contributed by atoms with Crippen LogP contribution in [0, 0.1) is 5.82 Å². The van der Waals surface area contributed by atoms with Gasteiger partial charge in [-0.1, -0.05) is 18.2 Å². The molecule has 0 N–H and O–H groups in total. The van der Waals surface area contributed by atoms with Gasteiger partial charge in [0.1, 0.15) is 11.6 Å². The molecule has 2 aromatic rings. The Labute approximate surface area is 132 Å². The van der Waals surface area contributed by atoms with Crippen molar-refractivity contribution in [2.24, 2.45) is 0 Å². The highest BCUT2D eigenvalue weighted by molar-refractivity contribution is 5.36. The lowest BCUT2D eigenvalue weighted by Crippen LogP contribution is -2.18. The minimum Gasteiger partial charge on any atom is -0.497 e. The highest BCUT2D eigenvalue weighted by Crippen LogP contribution is 2.33. The minimum absolute atomic E-state index is 0.147. The van der Waals surface area contributed by atoms with Crippen molar-refractivity contribution in [2.75, 3.05) is 14.2 Å². The summed E-state index contributed by atoms with van der Waals surface area (Å²) in [7, 11) is 3.04. The number of ether oxygens (including phenoxy) is 1. The van der Waals surface area contributed by atoms with Gasteiger partial charge in [0.15, 0.2) is 0 Å². The summed E-state index contributed by atoms with van der Waals surface area (Å²) in [6.07, 6.45) is -4.44. The maximum Gasteiger partial charge on any atom is 0.416 e. The molecular formula is C17H17F4NO. The van der Waals surface area contributed by atoms with Crippen molar-refractivity contribution < 1.29 is 22.3 Å². The first-order valence-electron chi connectivity index (χ1n) is 6.96. The molecule has 0 radical (unpaired) electrons. The van der Waals surface area contributed by atoms with Crippen molar-refractivity contribution in [3.8, 4) is 5.75 Å². The summed E-state index contributed by atoms with van der Waals surface area (Å²) in [6, 6.07) is 9.92. The van der Waals surface area contributed by atoms with Gasteiger partial charge in [-0.2, -0.15) is 13.2 Å². The van der Waals surface area contributed by atoms with Crippen LogP contribution in [0.2, 0.25) is 0 Å². The molecule has 2 rings (SSSR count). The Morgan fingerprint density at radius 2 is 1.74 bits per heavy atom. The summed E-state index contributed by atoms with van der Waals surface area (Å²) in [6.45, 7) is 0.542. The number of nitrogens with zero attached hydrogens (tertiary/aromatic N) is 1. The number of alkyl halides is 3. The molecule has 0 heterocycles. The van der Waals surface area contributed by atoms with Crippen LogP contribution in [0.15, 0.2) is 42.5 Å². The zero-order chi connectivity index (χ0) is 17.0. The molecule has 124 valence electrons. The maximum atomic E-state index is 13.6. The molecule has 0 aliphatic carbocycles. The quantitative estimate of drug-likeness (QED) is 0.751. The highest BCUT2D eigenvalue weighted by Gasteiger charge is 2.31. The summed E-state index contributed by atoms with van der Waals surface area (Å²) in [5, 5.41) is 0. The van der Waals surface area contributed by atoms with Crippen molar-refractivity contribution in [3.63, 3.8) is 0 Å². The first-order valence-corrected chi connectivity index (χ1v) is 6.96. The first kappa shape index (κ1) is 17.3. The molecule has 2 aromatic carbocycles. The molecular weight excluding hydrogens is 310 g/mol. The summed E-state index contributed by atoms with van der Waals surface area (Å²) in [5.41, 5.74) is 0.190. The predicted octanol–water partition coefficient (Wildman–Crippen LogP) is 4.49. The van der Waals surface area contributed by atoms with E-state index in [1.165, 1.54) is 13.2 Å². The van der Waals surface area contributed by atoms with Gasteiger partial charge in [0, 0.05) is 18.7 Å². The standard InChI is InChI=1S/C17H17F4NO/c1-22(11-13-5-3-4-6-16(13)18)10-12-7-14(17(19,20)21)9-15(8-12)23-2/h3-9H,10-11H2,1-2H3. The predicted molar refractivity (Wildman–Crippen MR) is 79.6 cm³/mol. The number of hydrogen-bond acceptors (Lipinski definition) is 2. The second kappa shape index (κ2) is 7.00. The molecule has 0 unspecified atom stereocenters. The van der Waals surface area contributed by atoms with Crippen LogP contribution in [0.3, 0.4) is 0 Å². The Morgan fingerprint density at radius 1 is 1.04 bits per heavy atom. The van der Waals surface area contributed by atoms with E-state index in [1.807, 2.05) is 0 Å². The topological polar surface area (TPSA) is 12.5 Å². The molecule has 0 spiro atoms. The van der Waals surface area contributed by atoms with Crippen LogP contribution in [0.5, 0.6) is 5.75 Å². The van der Waals surface area contributed by atoms with Crippen molar-refractivity contribution in [3.05, 3.63) is 65.0 Å². The molecule has 0 saturated carbocycles. The molecule has 0 saturated heterocycles. The van der Waals surface area contributed by atoms with Gasteiger partial charge in [0.05, 0.1) is 12.7 Å². The fourth-order valence-electron chi connectivity index (χ4n) is 2.32. The highest BCUT2D eigenvalue weighted by atomic mass is 19.4. The lowest BCUT2D eigenvalue weighted by molar-refractivity contribution is -0.137. The molecule has 0 aromatic heterocycles. The third-order valence-electron chi connectivity index (χ3n) is 3.38. The summed E-state index contributed by atoms with van der Waals surface area (Å²) in [5.74, 6) is -0.185. The van der Waals surface area contributed by atoms with Gasteiger partial charge in [-0.15, -0.1) is 0 Å². The fraction of sp³-hybridized carbons (Fsp3) is 0.294. The number of hydrogen-bond donors (Lipinski definition) is 0. The monoisotopic (exact) mass is 327 g/mol. The molecule has 23 heavy (non-hydrogen) atoms. The van der Waals surface area contributed by atoms with Crippen LogP contribution >= 0.6 is 0 Å². The van der Waals surface area contributed by atoms with Crippen LogP contribution < -0.4 is 4.74 Å². The van der Waals surface area contributed by atoms with E-state index in [0.717, 1.165) is 12.1 Å². The van der Waals surface area contributed by atoms with E-state index >= 15 is 0 Å². The second-order valence-corrected chi connectivity index (χ2v) is 5.33. The van der Waals surface area contributed by atoms with E-state index in [1.54, 1.807) is 36.2 Å². The van der Waals surface area contributed by atoms with E-state index in [9.17, 15) is 17.6 Å². The molecule has 0 fully saturated rings. The third kappa shape index (κ3) is 4.69. The third-order valence-corrected chi connectivity index (χ3v) is 3.38. The molecule has 0 aliphatic heterocycles. The van der Waals surface area contributed by atoms with E-state index in [2.05, 4.69) is 0 Å². The fourth-order valence-corrected chi connectivity index (χ4v) is 2.32. The molecule has 0 atom stereocenters. The number of methoxy groups -OCH3 is 1. The van der Waals surface area contributed by atoms with Gasteiger partial charge in [-0.05, 0) is 36.9 Å². The van der Waals surface area contributed by atoms with Crippen LogP contribution in [0.1, 0.15) is 16.7 Å². The Morgan fingerprint density at radius 3 is 2.35 bits per heavy atom. The minimum atomic E-state index is -4.44. The molecule has 2 nitrogen and oxygen atoms in total. The van der Waals surface area contributed by atoms with E-state index in [0.29, 0.717) is 17.7 Å². The summed E-state index contributed by atoms with van der Waals surface area (Å²) >= 11 is 0. The average molecular weight is 327 g/mol. The zero-order valence-electron chi connectivity index (χ0n) is 12.8. The number of halogens is 4. The van der Waals surface area contributed by atoms with Gasteiger partial charge >= 0.3 is 6.18 Å². The maximum absolute atomic E-state index is 13.6. The lowest BCUT2D eigenvalue weighted by Gasteiger charge is -2.19. The molecule has 6 heteroatoms. The van der Waals surface area contributed by atoms with Gasteiger partial charge in [0.2, 0.25) is 0 Å². The second-order valence-electron chi connectivity index (χ2n) is 5.33. The van der Waals surface area contributed by atoms with Gasteiger partial charge in [-0.3, -0.25) is 4.90 Å². The van der Waals surface area contributed by atoms with Crippen molar-refractivity contribution in [2.45, 2.75) is 19.3 Å². The smallest absolute Gasteiger partial charge is 0.416 e.